The quantitative estimate of drug-likeness (QED) is 0.777. The van der Waals surface area contributed by atoms with Crippen molar-refractivity contribution >= 4 is 0 Å². The number of aryl methyl sites for hydroxylation is 1. The van der Waals surface area contributed by atoms with Crippen LogP contribution in [0.15, 0.2) is 42.5 Å². The predicted octanol–water partition coefficient (Wildman–Crippen LogP) is 4.67. The Morgan fingerprint density at radius 2 is 1.63 bits per heavy atom. The molecule has 0 atom stereocenters. The highest BCUT2D eigenvalue weighted by Crippen LogP contribution is 2.42. The third-order valence-corrected chi connectivity index (χ3v) is 3.09. The van der Waals surface area contributed by atoms with Crippen LogP contribution in [-0.2, 0) is 6.42 Å². The highest BCUT2D eigenvalue weighted by atomic mass is 16.7. The van der Waals surface area contributed by atoms with E-state index in [1.54, 1.807) is 0 Å². The summed E-state index contributed by atoms with van der Waals surface area (Å²) in [6.45, 7) is 6.49. The highest BCUT2D eigenvalue weighted by Gasteiger charge is 2.19. The summed E-state index contributed by atoms with van der Waals surface area (Å²) < 4.78 is 11.0. The number of ether oxygens (including phenoxy) is 2. The molecule has 0 bridgehead atoms. The molecule has 0 N–H and O–H groups in total. The molecule has 1 heterocycles. The molecular formula is C17H20O2. The van der Waals surface area contributed by atoms with Gasteiger partial charge in [0.05, 0.1) is 0 Å². The van der Waals surface area contributed by atoms with E-state index in [4.69, 9.17) is 9.47 Å². The summed E-state index contributed by atoms with van der Waals surface area (Å²) in [6.07, 6.45) is 1.01. The fourth-order valence-corrected chi connectivity index (χ4v) is 2.23. The lowest BCUT2D eigenvalue weighted by atomic mass is 9.97. The van der Waals surface area contributed by atoms with E-state index in [0.29, 0.717) is 6.79 Å². The summed E-state index contributed by atoms with van der Waals surface area (Å²) in [5, 5.41) is 0. The summed E-state index contributed by atoms with van der Waals surface area (Å²) in [4.78, 5) is 0. The van der Waals surface area contributed by atoms with Crippen LogP contribution in [0.2, 0.25) is 0 Å². The van der Waals surface area contributed by atoms with E-state index in [1.807, 2.05) is 26.0 Å². The van der Waals surface area contributed by atoms with E-state index in [-0.39, 0.29) is 0 Å². The molecule has 2 nitrogen and oxygen atoms in total. The van der Waals surface area contributed by atoms with Crippen molar-refractivity contribution in [2.75, 3.05) is 6.79 Å². The van der Waals surface area contributed by atoms with Crippen molar-refractivity contribution in [1.82, 2.24) is 0 Å². The third kappa shape index (κ3) is 2.58. The lowest BCUT2D eigenvalue weighted by molar-refractivity contribution is 0.174. The summed E-state index contributed by atoms with van der Waals surface area (Å²) in [5.74, 6) is 1.71. The SMILES string of the molecule is CC.CCc1ccccc1-c1cccc2c1OCO2. The Labute approximate surface area is 115 Å². The van der Waals surface area contributed by atoms with Gasteiger partial charge in [-0.2, -0.15) is 0 Å². The zero-order valence-corrected chi connectivity index (χ0v) is 11.8. The van der Waals surface area contributed by atoms with Gasteiger partial charge < -0.3 is 9.47 Å². The zero-order valence-electron chi connectivity index (χ0n) is 11.8. The van der Waals surface area contributed by atoms with Crippen molar-refractivity contribution in [1.29, 1.82) is 0 Å². The maximum atomic E-state index is 5.56. The van der Waals surface area contributed by atoms with Crippen LogP contribution in [0.4, 0.5) is 0 Å². The first-order valence-electron chi connectivity index (χ1n) is 6.87. The molecule has 0 unspecified atom stereocenters. The lowest BCUT2D eigenvalue weighted by Gasteiger charge is -2.10. The number of fused-ring (bicyclic) bond motifs is 1. The zero-order chi connectivity index (χ0) is 13.7. The van der Waals surface area contributed by atoms with Crippen molar-refractivity contribution < 1.29 is 9.47 Å². The van der Waals surface area contributed by atoms with Crippen LogP contribution in [0.25, 0.3) is 11.1 Å². The van der Waals surface area contributed by atoms with Crippen molar-refractivity contribution in [3.63, 3.8) is 0 Å². The molecule has 2 aromatic carbocycles. The fourth-order valence-electron chi connectivity index (χ4n) is 2.23. The minimum absolute atomic E-state index is 0.320. The first kappa shape index (κ1) is 13.5. The summed E-state index contributed by atoms with van der Waals surface area (Å²) in [6, 6.07) is 14.5. The molecular weight excluding hydrogens is 236 g/mol. The van der Waals surface area contributed by atoms with Crippen LogP contribution in [0, 0.1) is 0 Å². The average Bonchev–Trinajstić information content (AvgIpc) is 2.97. The molecule has 0 amide bonds. The first-order chi connectivity index (χ1) is 9.40. The largest absolute Gasteiger partial charge is 0.454 e. The second-order valence-electron chi connectivity index (χ2n) is 4.05. The molecule has 0 saturated carbocycles. The highest BCUT2D eigenvalue weighted by molar-refractivity contribution is 5.76. The van der Waals surface area contributed by atoms with Crippen molar-refractivity contribution in [3.05, 3.63) is 48.0 Å². The van der Waals surface area contributed by atoms with Gasteiger partial charge in [-0.15, -0.1) is 0 Å². The molecule has 0 radical (unpaired) electrons. The summed E-state index contributed by atoms with van der Waals surface area (Å²) >= 11 is 0. The number of para-hydroxylation sites is 1. The molecule has 19 heavy (non-hydrogen) atoms. The Morgan fingerprint density at radius 3 is 2.42 bits per heavy atom. The number of rotatable bonds is 2. The molecule has 1 aliphatic heterocycles. The molecule has 2 aromatic rings. The molecule has 0 saturated heterocycles. The van der Waals surface area contributed by atoms with Gasteiger partial charge in [0.15, 0.2) is 11.5 Å². The van der Waals surface area contributed by atoms with Gasteiger partial charge >= 0.3 is 0 Å². The van der Waals surface area contributed by atoms with Crippen LogP contribution < -0.4 is 9.47 Å². The molecule has 100 valence electrons. The summed E-state index contributed by atoms with van der Waals surface area (Å²) in [5.41, 5.74) is 3.69. The maximum Gasteiger partial charge on any atom is 0.231 e. The Bertz CT molecular complexity index is 547. The number of hydrogen-bond donors (Lipinski definition) is 0. The van der Waals surface area contributed by atoms with Crippen molar-refractivity contribution in [3.8, 4) is 22.6 Å². The molecule has 0 spiro atoms. The number of hydrogen-bond acceptors (Lipinski definition) is 2. The predicted molar refractivity (Wildman–Crippen MR) is 78.7 cm³/mol. The van der Waals surface area contributed by atoms with Crippen molar-refractivity contribution in [2.45, 2.75) is 27.2 Å². The van der Waals surface area contributed by atoms with Crippen LogP contribution in [0.3, 0.4) is 0 Å². The Hall–Kier alpha value is -1.96. The van der Waals surface area contributed by atoms with Gasteiger partial charge in [-0.1, -0.05) is 57.2 Å². The minimum Gasteiger partial charge on any atom is -0.454 e. The van der Waals surface area contributed by atoms with Gasteiger partial charge in [0.25, 0.3) is 0 Å². The standard InChI is InChI=1S/C15H14O2.C2H6/c1-2-11-6-3-4-7-12(11)13-8-5-9-14-15(13)17-10-16-14;1-2/h3-9H,2,10H2,1H3;1-2H3. The van der Waals surface area contributed by atoms with Gasteiger partial charge in [-0.05, 0) is 23.6 Å². The third-order valence-electron chi connectivity index (χ3n) is 3.09. The molecule has 1 aliphatic rings. The molecule has 0 aliphatic carbocycles. The second-order valence-corrected chi connectivity index (χ2v) is 4.05. The van der Waals surface area contributed by atoms with Crippen molar-refractivity contribution in [2.24, 2.45) is 0 Å². The van der Waals surface area contributed by atoms with E-state index in [0.717, 1.165) is 23.5 Å². The van der Waals surface area contributed by atoms with Crippen LogP contribution in [-0.4, -0.2) is 6.79 Å². The average molecular weight is 256 g/mol. The fraction of sp³-hybridized carbons (Fsp3) is 0.294. The van der Waals surface area contributed by atoms with Crippen LogP contribution >= 0.6 is 0 Å². The first-order valence-corrected chi connectivity index (χ1v) is 6.87. The van der Waals surface area contributed by atoms with E-state index >= 15 is 0 Å². The number of benzene rings is 2. The minimum atomic E-state index is 0.320. The Balaban J connectivity index is 0.000000637. The molecule has 0 fully saturated rings. The van der Waals surface area contributed by atoms with Crippen LogP contribution in [0.1, 0.15) is 26.3 Å². The Kier molecular flexibility index (Phi) is 4.45. The normalized spacial score (nSPS) is 11.7. The molecule has 2 heteroatoms. The monoisotopic (exact) mass is 256 g/mol. The smallest absolute Gasteiger partial charge is 0.231 e. The van der Waals surface area contributed by atoms with Gasteiger partial charge in [-0.25, -0.2) is 0 Å². The van der Waals surface area contributed by atoms with Gasteiger partial charge in [0, 0.05) is 5.56 Å². The van der Waals surface area contributed by atoms with E-state index in [2.05, 4.69) is 37.3 Å². The van der Waals surface area contributed by atoms with E-state index < -0.39 is 0 Å². The summed E-state index contributed by atoms with van der Waals surface area (Å²) in [7, 11) is 0. The topological polar surface area (TPSA) is 18.5 Å². The molecule has 3 rings (SSSR count). The van der Waals surface area contributed by atoms with Gasteiger partial charge in [0.1, 0.15) is 0 Å². The lowest BCUT2D eigenvalue weighted by Crippen LogP contribution is -1.94. The van der Waals surface area contributed by atoms with E-state index in [1.165, 1.54) is 11.1 Å². The van der Waals surface area contributed by atoms with Gasteiger partial charge in [0.2, 0.25) is 6.79 Å². The van der Waals surface area contributed by atoms with E-state index in [9.17, 15) is 0 Å². The second kappa shape index (κ2) is 6.28. The molecule has 0 aromatic heterocycles. The Morgan fingerprint density at radius 1 is 0.895 bits per heavy atom. The van der Waals surface area contributed by atoms with Gasteiger partial charge in [-0.3, -0.25) is 0 Å². The maximum absolute atomic E-state index is 5.56. The van der Waals surface area contributed by atoms with Crippen LogP contribution in [0.5, 0.6) is 11.5 Å².